The molecule has 0 saturated heterocycles. The summed E-state index contributed by atoms with van der Waals surface area (Å²) in [6.07, 6.45) is 3.83. The molecule has 1 saturated carbocycles. The lowest BCUT2D eigenvalue weighted by molar-refractivity contribution is 0.126. The maximum atomic E-state index is 10.8. The van der Waals surface area contributed by atoms with Crippen molar-refractivity contribution < 1.29 is 5.11 Å². The SMILES string of the molecule is O=Nc1ccc2nc(Nc3cc(Cc4ccccc4)nc(N[C@H]4CC[C@H](O)CC4)n3)sc2c1. The largest absolute Gasteiger partial charge is 0.393 e. The van der Waals surface area contributed by atoms with E-state index in [-0.39, 0.29) is 12.1 Å². The first-order valence-electron chi connectivity index (χ1n) is 11.0. The van der Waals surface area contributed by atoms with Crippen LogP contribution in [0.15, 0.2) is 59.8 Å². The number of thiazole rings is 1. The van der Waals surface area contributed by atoms with E-state index in [4.69, 9.17) is 4.98 Å². The highest BCUT2D eigenvalue weighted by Crippen LogP contribution is 2.31. The Hall–Kier alpha value is -3.43. The van der Waals surface area contributed by atoms with Gasteiger partial charge in [-0.2, -0.15) is 4.98 Å². The number of aliphatic hydroxyl groups excluding tert-OH is 1. The number of nitroso groups, excluding NO2 is 1. The number of aliphatic hydroxyl groups is 1. The molecule has 1 aliphatic rings. The molecule has 0 amide bonds. The van der Waals surface area contributed by atoms with Crippen LogP contribution >= 0.6 is 11.3 Å². The van der Waals surface area contributed by atoms with E-state index in [1.54, 1.807) is 18.2 Å². The molecule has 0 unspecified atom stereocenters. The van der Waals surface area contributed by atoms with Crippen molar-refractivity contribution in [2.45, 2.75) is 44.2 Å². The van der Waals surface area contributed by atoms with Gasteiger partial charge < -0.3 is 15.7 Å². The predicted octanol–water partition coefficient (Wildman–Crippen LogP) is 5.53. The highest BCUT2D eigenvalue weighted by atomic mass is 32.1. The number of benzene rings is 2. The fourth-order valence-corrected chi connectivity index (χ4v) is 4.96. The fraction of sp³-hybridized carbons (Fsp3) is 0.292. The van der Waals surface area contributed by atoms with Gasteiger partial charge in [0.1, 0.15) is 11.5 Å². The average Bonchev–Trinajstić information content (AvgIpc) is 3.22. The molecule has 0 bridgehead atoms. The van der Waals surface area contributed by atoms with Gasteiger partial charge in [0.25, 0.3) is 0 Å². The van der Waals surface area contributed by atoms with Crippen LogP contribution in [0, 0.1) is 4.91 Å². The van der Waals surface area contributed by atoms with E-state index >= 15 is 0 Å². The molecule has 0 atom stereocenters. The van der Waals surface area contributed by atoms with Gasteiger partial charge in [0.15, 0.2) is 5.13 Å². The summed E-state index contributed by atoms with van der Waals surface area (Å²) in [6, 6.07) is 17.6. The van der Waals surface area contributed by atoms with Gasteiger partial charge in [-0.1, -0.05) is 41.7 Å². The first-order valence-corrected chi connectivity index (χ1v) is 11.8. The van der Waals surface area contributed by atoms with Crippen molar-refractivity contribution in [1.82, 2.24) is 15.0 Å². The second-order valence-corrected chi connectivity index (χ2v) is 9.30. The number of nitrogens with zero attached hydrogens (tertiary/aromatic N) is 4. The van der Waals surface area contributed by atoms with Gasteiger partial charge in [0.2, 0.25) is 5.95 Å². The Morgan fingerprint density at radius 2 is 1.82 bits per heavy atom. The first kappa shape index (κ1) is 21.4. The van der Waals surface area contributed by atoms with Crippen LogP contribution in [-0.2, 0) is 6.42 Å². The Morgan fingerprint density at radius 1 is 1.00 bits per heavy atom. The minimum atomic E-state index is -0.209. The number of hydrogen-bond donors (Lipinski definition) is 3. The third kappa shape index (κ3) is 5.32. The van der Waals surface area contributed by atoms with Gasteiger partial charge in [-0.25, -0.2) is 9.97 Å². The molecule has 0 radical (unpaired) electrons. The molecule has 5 rings (SSSR count). The summed E-state index contributed by atoms with van der Waals surface area (Å²) in [5, 5.41) is 20.3. The van der Waals surface area contributed by atoms with Crippen molar-refractivity contribution in [3.8, 4) is 0 Å². The summed E-state index contributed by atoms with van der Waals surface area (Å²) < 4.78 is 0.882. The molecular weight excluding hydrogens is 436 g/mol. The molecule has 0 spiro atoms. The standard InChI is InChI=1S/C24H24N6O2S/c31-19-9-6-16(7-10-19)25-23-26-18(12-15-4-2-1-3-5-15)14-22(28-23)29-24-27-20-11-8-17(30-32)13-21(20)33-24/h1-5,8,11,13-14,16,19,31H,6-7,9-10,12H2,(H2,25,26,27,28,29)/t16-,19-. The lowest BCUT2D eigenvalue weighted by Crippen LogP contribution is -2.29. The third-order valence-corrected chi connectivity index (χ3v) is 6.68. The third-order valence-electron chi connectivity index (χ3n) is 5.75. The second-order valence-electron chi connectivity index (χ2n) is 8.27. The molecule has 3 N–H and O–H groups in total. The normalized spacial score (nSPS) is 18.2. The molecule has 4 aromatic rings. The van der Waals surface area contributed by atoms with Crippen molar-refractivity contribution in [2.75, 3.05) is 10.6 Å². The summed E-state index contributed by atoms with van der Waals surface area (Å²) in [5.41, 5.74) is 3.25. The zero-order chi connectivity index (χ0) is 22.6. The van der Waals surface area contributed by atoms with E-state index in [0.29, 0.717) is 29.0 Å². The molecule has 2 heterocycles. The van der Waals surface area contributed by atoms with Crippen molar-refractivity contribution in [2.24, 2.45) is 5.18 Å². The average molecular weight is 461 g/mol. The number of anilines is 3. The Bertz CT molecular complexity index is 1250. The van der Waals surface area contributed by atoms with Gasteiger partial charge in [0.05, 0.1) is 22.0 Å². The van der Waals surface area contributed by atoms with Crippen LogP contribution in [0.25, 0.3) is 10.2 Å². The van der Waals surface area contributed by atoms with Gasteiger partial charge >= 0.3 is 0 Å². The van der Waals surface area contributed by atoms with Crippen LogP contribution in [0.4, 0.5) is 22.6 Å². The van der Waals surface area contributed by atoms with Crippen LogP contribution in [0.3, 0.4) is 0 Å². The quantitative estimate of drug-likeness (QED) is 0.311. The predicted molar refractivity (Wildman–Crippen MR) is 132 cm³/mol. The number of fused-ring (bicyclic) bond motifs is 1. The lowest BCUT2D eigenvalue weighted by Gasteiger charge is -2.26. The Kier molecular flexibility index (Phi) is 6.23. The fourth-order valence-electron chi connectivity index (χ4n) is 4.06. The van der Waals surface area contributed by atoms with E-state index in [1.807, 2.05) is 24.3 Å². The maximum absolute atomic E-state index is 10.8. The molecule has 9 heteroatoms. The smallest absolute Gasteiger partial charge is 0.225 e. The minimum absolute atomic E-state index is 0.209. The van der Waals surface area contributed by atoms with Gasteiger partial charge in [-0.15, -0.1) is 4.91 Å². The van der Waals surface area contributed by atoms with Crippen molar-refractivity contribution in [1.29, 1.82) is 0 Å². The molecule has 0 aliphatic heterocycles. The maximum Gasteiger partial charge on any atom is 0.225 e. The summed E-state index contributed by atoms with van der Waals surface area (Å²) in [6.45, 7) is 0. The van der Waals surface area contributed by atoms with Crippen LogP contribution in [-0.4, -0.2) is 32.2 Å². The molecule has 33 heavy (non-hydrogen) atoms. The van der Waals surface area contributed by atoms with E-state index < -0.39 is 0 Å². The Labute approximate surface area is 195 Å². The summed E-state index contributed by atoms with van der Waals surface area (Å²) in [4.78, 5) is 24.9. The van der Waals surface area contributed by atoms with Crippen molar-refractivity contribution in [3.63, 3.8) is 0 Å². The van der Waals surface area contributed by atoms with Gasteiger partial charge in [-0.05, 0) is 54.6 Å². The minimum Gasteiger partial charge on any atom is -0.393 e. The monoisotopic (exact) mass is 460 g/mol. The number of aromatic nitrogens is 3. The molecule has 8 nitrogen and oxygen atoms in total. The molecule has 1 aliphatic carbocycles. The molecule has 2 aromatic carbocycles. The Morgan fingerprint density at radius 3 is 2.61 bits per heavy atom. The van der Waals surface area contributed by atoms with Gasteiger partial charge in [0, 0.05) is 18.5 Å². The van der Waals surface area contributed by atoms with Crippen molar-refractivity contribution >= 4 is 44.1 Å². The van der Waals surface area contributed by atoms with Crippen LogP contribution in [0.1, 0.15) is 36.9 Å². The van der Waals surface area contributed by atoms with E-state index in [9.17, 15) is 10.0 Å². The van der Waals surface area contributed by atoms with E-state index in [2.05, 4.69) is 37.9 Å². The first-order chi connectivity index (χ1) is 16.1. The number of nitrogens with one attached hydrogen (secondary N) is 2. The summed E-state index contributed by atoms with van der Waals surface area (Å²) in [7, 11) is 0. The topological polar surface area (TPSA) is 112 Å². The van der Waals surface area contributed by atoms with E-state index in [0.717, 1.165) is 41.6 Å². The highest BCUT2D eigenvalue weighted by Gasteiger charge is 2.20. The van der Waals surface area contributed by atoms with E-state index in [1.165, 1.54) is 16.9 Å². The zero-order valence-electron chi connectivity index (χ0n) is 17.9. The number of rotatable bonds is 7. The molecule has 1 fully saturated rings. The van der Waals surface area contributed by atoms with Crippen LogP contribution < -0.4 is 10.6 Å². The van der Waals surface area contributed by atoms with Gasteiger partial charge in [-0.3, -0.25) is 0 Å². The molecular formula is C24H24N6O2S. The summed E-state index contributed by atoms with van der Waals surface area (Å²) >= 11 is 1.44. The highest BCUT2D eigenvalue weighted by molar-refractivity contribution is 7.22. The molecule has 168 valence electrons. The second kappa shape index (κ2) is 9.60. The number of hydrogen-bond acceptors (Lipinski definition) is 9. The summed E-state index contributed by atoms with van der Waals surface area (Å²) in [5.74, 6) is 1.22. The van der Waals surface area contributed by atoms with Crippen molar-refractivity contribution in [3.05, 3.63) is 70.8 Å². The van der Waals surface area contributed by atoms with Crippen LogP contribution in [0.5, 0.6) is 0 Å². The van der Waals surface area contributed by atoms with Crippen LogP contribution in [0.2, 0.25) is 0 Å². The molecule has 2 aromatic heterocycles. The Balaban J connectivity index is 1.42. The lowest BCUT2D eigenvalue weighted by atomic mass is 9.93. The zero-order valence-corrected chi connectivity index (χ0v) is 18.8.